The van der Waals surface area contributed by atoms with E-state index < -0.39 is 6.09 Å². The van der Waals surface area contributed by atoms with E-state index in [1.165, 1.54) is 17.2 Å². The Hall–Kier alpha value is -4.53. The Morgan fingerprint density at radius 3 is 2.86 bits per heavy atom. The number of carbonyl (C=O) groups is 4. The van der Waals surface area contributed by atoms with E-state index in [4.69, 9.17) is 24.1 Å². The van der Waals surface area contributed by atoms with Crippen molar-refractivity contribution in [2.75, 3.05) is 56.2 Å². The summed E-state index contributed by atoms with van der Waals surface area (Å²) in [5, 5.41) is 12.9. The van der Waals surface area contributed by atoms with Gasteiger partial charge in [0, 0.05) is 19.2 Å². The minimum atomic E-state index is -0.524. The molecule has 14 nitrogen and oxygen atoms in total. The van der Waals surface area contributed by atoms with E-state index in [1.54, 1.807) is 4.90 Å². The highest BCUT2D eigenvalue weighted by Crippen LogP contribution is 2.32. The normalized spacial score (nSPS) is 20.2. The molecule has 4 heterocycles. The lowest BCUT2D eigenvalue weighted by Crippen LogP contribution is -2.44. The summed E-state index contributed by atoms with van der Waals surface area (Å²) in [7, 11) is 0. The van der Waals surface area contributed by atoms with Crippen LogP contribution in [0.3, 0.4) is 0 Å². The lowest BCUT2D eigenvalue weighted by molar-refractivity contribution is -0.136. The third-order valence-electron chi connectivity index (χ3n) is 7.38. The van der Waals surface area contributed by atoms with E-state index >= 15 is 0 Å². The van der Waals surface area contributed by atoms with E-state index in [2.05, 4.69) is 20.6 Å². The second-order valence-corrected chi connectivity index (χ2v) is 10.3. The van der Waals surface area contributed by atoms with E-state index in [-0.39, 0.29) is 66.9 Å². The molecule has 224 valence electrons. The van der Waals surface area contributed by atoms with Gasteiger partial charge in [0.1, 0.15) is 17.7 Å². The van der Waals surface area contributed by atoms with Crippen LogP contribution < -0.4 is 25.0 Å². The molecule has 3 aliphatic heterocycles. The number of fused-ring (bicyclic) bond motifs is 2. The highest BCUT2D eigenvalue weighted by atomic mass is 19.1. The smallest absolute Gasteiger partial charge is 0.415 e. The molecule has 0 spiro atoms. The SMILES string of the molecule is O=C1COc2ncc(N3CC(CCNCC4Cc5cc(OCC(=O)N6CCC6)cc(F)c5C4)OC3=O)nc2N1.O=CO. The van der Waals surface area contributed by atoms with Crippen LogP contribution in [0.2, 0.25) is 0 Å². The molecule has 3 N–H and O–H groups in total. The summed E-state index contributed by atoms with van der Waals surface area (Å²) < 4.78 is 31.0. The fraction of sp³-hybridized carbons (Fsp3) is 0.481. The maximum atomic E-state index is 14.7. The van der Waals surface area contributed by atoms with Crippen LogP contribution in [0.1, 0.15) is 24.0 Å². The van der Waals surface area contributed by atoms with Gasteiger partial charge in [-0.2, -0.15) is 0 Å². The number of nitrogens with one attached hydrogen (secondary N) is 2. The van der Waals surface area contributed by atoms with Gasteiger partial charge in [0.2, 0.25) is 0 Å². The number of ether oxygens (including phenoxy) is 3. The Morgan fingerprint density at radius 2 is 2.10 bits per heavy atom. The number of benzene rings is 1. The van der Waals surface area contributed by atoms with E-state index in [1.807, 2.05) is 6.07 Å². The molecule has 2 saturated heterocycles. The second kappa shape index (κ2) is 13.0. The Kier molecular flexibility index (Phi) is 8.95. The van der Waals surface area contributed by atoms with Gasteiger partial charge >= 0.3 is 6.09 Å². The summed E-state index contributed by atoms with van der Waals surface area (Å²) in [5.74, 6) is 0.584. The highest BCUT2D eigenvalue weighted by molar-refractivity contribution is 5.94. The topological polar surface area (TPSA) is 173 Å². The molecule has 0 bridgehead atoms. The standard InChI is InChI=1S/C26H29FN6O6.CH2O2/c27-20-9-18(37-14-23(35)32-4-1-5-32)8-16-6-15(7-19(16)20)10-28-3-2-17-12-33(26(36)39-17)21-11-29-25-24(30-21)31-22(34)13-38-25;2-1-3/h8-9,11,15,17,28H,1-7,10,12-14H2,(H,30,31,34);1H,(H,2,3). The highest BCUT2D eigenvalue weighted by Gasteiger charge is 2.34. The van der Waals surface area contributed by atoms with Crippen LogP contribution in [0.15, 0.2) is 18.3 Å². The monoisotopic (exact) mass is 586 g/mol. The number of carbonyl (C=O) groups excluding carboxylic acids is 3. The summed E-state index contributed by atoms with van der Waals surface area (Å²) in [4.78, 5) is 55.9. The van der Waals surface area contributed by atoms with Crippen molar-refractivity contribution in [2.45, 2.75) is 31.8 Å². The molecule has 2 fully saturated rings. The third kappa shape index (κ3) is 6.67. The van der Waals surface area contributed by atoms with Crippen molar-refractivity contribution in [1.82, 2.24) is 20.2 Å². The largest absolute Gasteiger partial charge is 0.484 e. The maximum Gasteiger partial charge on any atom is 0.415 e. The molecule has 1 aromatic heterocycles. The minimum absolute atomic E-state index is 0.0704. The van der Waals surface area contributed by atoms with E-state index in [0.29, 0.717) is 43.8 Å². The van der Waals surface area contributed by atoms with Crippen LogP contribution >= 0.6 is 0 Å². The molecule has 2 atom stereocenters. The quantitative estimate of drug-likeness (QED) is 0.282. The van der Waals surface area contributed by atoms with E-state index in [0.717, 1.165) is 31.5 Å². The Balaban J connectivity index is 0.00000113. The zero-order valence-electron chi connectivity index (χ0n) is 22.7. The molecule has 0 radical (unpaired) electrons. The number of hydrogen-bond acceptors (Lipinski definition) is 10. The number of carboxylic acid groups (broad SMARTS) is 1. The zero-order chi connectivity index (χ0) is 29.6. The van der Waals surface area contributed by atoms with Gasteiger partial charge in [0.25, 0.3) is 24.2 Å². The summed E-state index contributed by atoms with van der Waals surface area (Å²) in [6, 6.07) is 3.21. The van der Waals surface area contributed by atoms with Crippen molar-refractivity contribution in [3.05, 3.63) is 35.3 Å². The third-order valence-corrected chi connectivity index (χ3v) is 7.38. The summed E-state index contributed by atoms with van der Waals surface area (Å²) >= 11 is 0. The lowest BCUT2D eigenvalue weighted by atomic mass is 10.1. The van der Waals surface area contributed by atoms with Gasteiger partial charge in [-0.05, 0) is 61.9 Å². The molecule has 4 aliphatic rings. The summed E-state index contributed by atoms with van der Waals surface area (Å²) in [5.41, 5.74) is 1.62. The molecule has 0 saturated carbocycles. The molecule has 1 aromatic carbocycles. The summed E-state index contributed by atoms with van der Waals surface area (Å²) in [6.45, 7) is 2.70. The number of cyclic esters (lactones) is 1. The predicted molar refractivity (Wildman–Crippen MR) is 144 cm³/mol. The van der Waals surface area contributed by atoms with Crippen molar-refractivity contribution >= 4 is 36.0 Å². The van der Waals surface area contributed by atoms with Crippen molar-refractivity contribution in [3.8, 4) is 11.6 Å². The maximum absolute atomic E-state index is 14.7. The minimum Gasteiger partial charge on any atom is -0.484 e. The molecule has 3 amide bonds. The second-order valence-electron chi connectivity index (χ2n) is 10.3. The first kappa shape index (κ1) is 29.0. The van der Waals surface area contributed by atoms with Gasteiger partial charge in [-0.15, -0.1) is 0 Å². The predicted octanol–water partition coefficient (Wildman–Crippen LogP) is 0.978. The number of nitrogens with zero attached hydrogens (tertiary/aromatic N) is 4. The van der Waals surface area contributed by atoms with Gasteiger partial charge in [-0.1, -0.05) is 0 Å². The fourth-order valence-corrected chi connectivity index (χ4v) is 5.19. The molecular weight excluding hydrogens is 555 g/mol. The lowest BCUT2D eigenvalue weighted by Gasteiger charge is -2.30. The Morgan fingerprint density at radius 1 is 1.29 bits per heavy atom. The first-order valence-corrected chi connectivity index (χ1v) is 13.6. The first-order valence-electron chi connectivity index (χ1n) is 13.6. The number of halogens is 1. The number of anilines is 2. The van der Waals surface area contributed by atoms with Crippen LogP contribution in [0.25, 0.3) is 0 Å². The van der Waals surface area contributed by atoms with Gasteiger partial charge in [-0.3, -0.25) is 19.3 Å². The number of likely N-dealkylation sites (tertiary alicyclic amines) is 1. The Bertz CT molecular complexity index is 1360. The van der Waals surface area contributed by atoms with Crippen LogP contribution in [-0.2, 0) is 32.0 Å². The molecule has 6 rings (SSSR count). The van der Waals surface area contributed by atoms with Gasteiger partial charge in [-0.25, -0.2) is 19.2 Å². The number of amides is 3. The number of aromatic nitrogens is 2. The van der Waals surface area contributed by atoms with Gasteiger partial charge < -0.3 is 34.9 Å². The van der Waals surface area contributed by atoms with Crippen molar-refractivity contribution in [3.63, 3.8) is 0 Å². The zero-order valence-corrected chi connectivity index (χ0v) is 22.7. The van der Waals surface area contributed by atoms with Crippen LogP contribution in [0, 0.1) is 11.7 Å². The average Bonchev–Trinajstić information content (AvgIpc) is 3.52. The number of hydrogen-bond donors (Lipinski definition) is 3. The van der Waals surface area contributed by atoms with Crippen molar-refractivity contribution < 1.29 is 42.9 Å². The molecule has 2 aromatic rings. The average molecular weight is 587 g/mol. The van der Waals surface area contributed by atoms with E-state index in [9.17, 15) is 18.8 Å². The van der Waals surface area contributed by atoms with Gasteiger partial charge in [0.15, 0.2) is 24.8 Å². The fourth-order valence-electron chi connectivity index (χ4n) is 5.19. The number of rotatable bonds is 9. The van der Waals surface area contributed by atoms with Gasteiger partial charge in [0.05, 0.1) is 12.7 Å². The van der Waals surface area contributed by atoms with Crippen LogP contribution in [0.5, 0.6) is 11.6 Å². The van der Waals surface area contributed by atoms with Crippen LogP contribution in [-0.4, -0.2) is 96.4 Å². The molecule has 42 heavy (non-hydrogen) atoms. The first-order chi connectivity index (χ1) is 20.3. The molecule has 1 aliphatic carbocycles. The van der Waals surface area contributed by atoms with Crippen LogP contribution in [0.4, 0.5) is 20.8 Å². The molecule has 2 unspecified atom stereocenters. The van der Waals surface area contributed by atoms with Crippen molar-refractivity contribution in [2.24, 2.45) is 5.92 Å². The molecular formula is C27H31FN6O8. The van der Waals surface area contributed by atoms with Crippen molar-refractivity contribution in [1.29, 1.82) is 0 Å². The Labute approximate surface area is 240 Å². The molecule has 15 heteroatoms. The summed E-state index contributed by atoms with van der Waals surface area (Å²) in [6.07, 6.45) is 3.52.